The first kappa shape index (κ1) is 13.9. The number of carbonyl (C=O) groups excluding carboxylic acids is 1. The van der Waals surface area contributed by atoms with Crippen molar-refractivity contribution in [2.45, 2.75) is 6.92 Å². The summed E-state index contributed by atoms with van der Waals surface area (Å²) in [5, 5.41) is 3.19. The summed E-state index contributed by atoms with van der Waals surface area (Å²) in [5.41, 5.74) is 8.45. The molecule has 0 unspecified atom stereocenters. The van der Waals surface area contributed by atoms with Crippen molar-refractivity contribution in [1.82, 2.24) is 0 Å². The Labute approximate surface area is 124 Å². The average Bonchev–Trinajstić information content (AvgIpc) is 2.37. The van der Waals surface area contributed by atoms with E-state index in [1.165, 1.54) is 0 Å². The van der Waals surface area contributed by atoms with Crippen LogP contribution < -0.4 is 11.1 Å². The largest absolute Gasteiger partial charge is 0.399 e. The van der Waals surface area contributed by atoms with Crippen LogP contribution in [-0.2, 0) is 0 Å². The predicted molar refractivity (Wildman–Crippen MR) is 82.7 cm³/mol. The third-order valence-corrected chi connectivity index (χ3v) is 4.02. The first-order valence-corrected chi connectivity index (χ1v) is 6.77. The Hall–Kier alpha value is -1.52. The van der Waals surface area contributed by atoms with Crippen molar-refractivity contribution in [2.75, 3.05) is 11.1 Å². The third kappa shape index (κ3) is 3.08. The van der Waals surface area contributed by atoms with Gasteiger partial charge in [-0.25, -0.2) is 0 Å². The number of hydrogen-bond donors (Lipinski definition) is 2. The molecule has 0 saturated carbocycles. The molecule has 1 amide bonds. The van der Waals surface area contributed by atoms with Gasteiger partial charge in [0, 0.05) is 15.8 Å². The molecule has 0 bridgehead atoms. The minimum absolute atomic E-state index is 0.254. The molecule has 3 N–H and O–H groups in total. The van der Waals surface area contributed by atoms with Crippen molar-refractivity contribution in [3.8, 4) is 0 Å². The van der Waals surface area contributed by atoms with Crippen LogP contribution in [0.2, 0.25) is 5.02 Å². The van der Waals surface area contributed by atoms with Crippen molar-refractivity contribution < 1.29 is 4.79 Å². The molecule has 2 aromatic carbocycles. The molecule has 0 atom stereocenters. The molecule has 0 radical (unpaired) electrons. The fraction of sp³-hybridized carbons (Fsp3) is 0.0714. The summed E-state index contributed by atoms with van der Waals surface area (Å²) in [5.74, 6) is -0.254. The predicted octanol–water partition coefficient (Wildman–Crippen LogP) is 4.25. The molecular weight excluding hydrogens is 328 g/mol. The highest BCUT2D eigenvalue weighted by molar-refractivity contribution is 9.10. The van der Waals surface area contributed by atoms with Crippen molar-refractivity contribution in [3.05, 3.63) is 57.0 Å². The fourth-order valence-electron chi connectivity index (χ4n) is 1.63. The minimum atomic E-state index is -0.254. The van der Waals surface area contributed by atoms with Gasteiger partial charge in [-0.1, -0.05) is 17.7 Å². The molecule has 2 aromatic rings. The number of rotatable bonds is 2. The van der Waals surface area contributed by atoms with E-state index in [9.17, 15) is 4.79 Å². The normalized spacial score (nSPS) is 10.3. The van der Waals surface area contributed by atoms with Crippen LogP contribution in [-0.4, -0.2) is 5.91 Å². The zero-order chi connectivity index (χ0) is 14.0. The van der Waals surface area contributed by atoms with Gasteiger partial charge in [-0.15, -0.1) is 0 Å². The molecule has 2 rings (SSSR count). The highest BCUT2D eigenvalue weighted by Gasteiger charge is 2.12. The molecule has 0 saturated heterocycles. The van der Waals surface area contributed by atoms with Gasteiger partial charge in [0.05, 0.1) is 10.6 Å². The molecule has 0 spiro atoms. The van der Waals surface area contributed by atoms with E-state index in [1.807, 2.05) is 13.0 Å². The number of anilines is 2. The van der Waals surface area contributed by atoms with Crippen molar-refractivity contribution in [3.63, 3.8) is 0 Å². The molecule has 5 heteroatoms. The molecule has 0 fully saturated rings. The number of nitrogen functional groups attached to an aromatic ring is 1. The molecular formula is C14H12BrClN2O. The lowest BCUT2D eigenvalue weighted by molar-refractivity contribution is 0.102. The third-order valence-electron chi connectivity index (χ3n) is 2.72. The fourth-order valence-corrected chi connectivity index (χ4v) is 2.21. The maximum absolute atomic E-state index is 12.1. The quantitative estimate of drug-likeness (QED) is 0.804. The van der Waals surface area contributed by atoms with Gasteiger partial charge in [-0.05, 0) is 58.7 Å². The molecule has 0 aliphatic carbocycles. The van der Waals surface area contributed by atoms with E-state index in [4.69, 9.17) is 17.3 Å². The maximum atomic E-state index is 12.1. The number of benzene rings is 2. The second-order valence-corrected chi connectivity index (χ2v) is 5.36. The zero-order valence-electron chi connectivity index (χ0n) is 10.2. The lowest BCUT2D eigenvalue weighted by Gasteiger charge is -2.09. The number of amides is 1. The standard InChI is InChI=1S/C14H12BrClN2O/c1-8-7-9(5-6-12(8)17)18-14(19)10-3-2-4-11(15)13(10)16/h2-7H,17H2,1H3,(H,18,19). The van der Waals surface area contributed by atoms with Gasteiger partial charge in [-0.3, -0.25) is 4.79 Å². The first-order chi connectivity index (χ1) is 8.99. The average molecular weight is 340 g/mol. The Morgan fingerprint density at radius 1 is 1.32 bits per heavy atom. The Bertz CT molecular complexity index is 643. The van der Waals surface area contributed by atoms with E-state index in [-0.39, 0.29) is 5.91 Å². The van der Waals surface area contributed by atoms with Crippen LogP contribution in [0.25, 0.3) is 0 Å². The van der Waals surface area contributed by atoms with E-state index in [2.05, 4.69) is 21.2 Å². The summed E-state index contributed by atoms with van der Waals surface area (Å²) in [4.78, 5) is 12.1. The van der Waals surface area contributed by atoms with Crippen molar-refractivity contribution >= 4 is 44.8 Å². The molecule has 19 heavy (non-hydrogen) atoms. The van der Waals surface area contributed by atoms with E-state index < -0.39 is 0 Å². The van der Waals surface area contributed by atoms with Crippen LogP contribution in [0.15, 0.2) is 40.9 Å². The highest BCUT2D eigenvalue weighted by Crippen LogP contribution is 2.27. The number of nitrogens with one attached hydrogen (secondary N) is 1. The van der Waals surface area contributed by atoms with Gasteiger partial charge in [0.15, 0.2) is 0 Å². The second kappa shape index (κ2) is 5.63. The number of carbonyl (C=O) groups is 1. The van der Waals surface area contributed by atoms with Crippen LogP contribution in [0, 0.1) is 6.92 Å². The molecule has 0 aliphatic heterocycles. The zero-order valence-corrected chi connectivity index (χ0v) is 12.5. The van der Waals surface area contributed by atoms with Gasteiger partial charge in [-0.2, -0.15) is 0 Å². The smallest absolute Gasteiger partial charge is 0.257 e. The number of aryl methyl sites for hydroxylation is 1. The van der Waals surface area contributed by atoms with Gasteiger partial charge in [0.2, 0.25) is 0 Å². The molecule has 0 heterocycles. The van der Waals surface area contributed by atoms with E-state index in [0.29, 0.717) is 26.4 Å². The maximum Gasteiger partial charge on any atom is 0.257 e. The van der Waals surface area contributed by atoms with Crippen LogP contribution in [0.1, 0.15) is 15.9 Å². The van der Waals surface area contributed by atoms with Gasteiger partial charge < -0.3 is 11.1 Å². The topological polar surface area (TPSA) is 55.1 Å². The SMILES string of the molecule is Cc1cc(NC(=O)c2cccc(Br)c2Cl)ccc1N. The minimum Gasteiger partial charge on any atom is -0.399 e. The van der Waals surface area contributed by atoms with E-state index in [0.717, 1.165) is 5.56 Å². The number of hydrogen-bond acceptors (Lipinski definition) is 2. The Kier molecular flexibility index (Phi) is 4.12. The molecule has 0 aliphatic rings. The van der Waals surface area contributed by atoms with Crippen LogP contribution in [0.4, 0.5) is 11.4 Å². The summed E-state index contributed by atoms with van der Waals surface area (Å²) in [6.45, 7) is 1.89. The van der Waals surface area contributed by atoms with Gasteiger partial charge in [0.1, 0.15) is 0 Å². The van der Waals surface area contributed by atoms with Crippen LogP contribution in [0.5, 0.6) is 0 Å². The highest BCUT2D eigenvalue weighted by atomic mass is 79.9. The van der Waals surface area contributed by atoms with Crippen LogP contribution in [0.3, 0.4) is 0 Å². The molecule has 3 nitrogen and oxygen atoms in total. The summed E-state index contributed by atoms with van der Waals surface area (Å²) in [6, 6.07) is 10.6. The van der Waals surface area contributed by atoms with Crippen molar-refractivity contribution in [2.24, 2.45) is 0 Å². The van der Waals surface area contributed by atoms with Gasteiger partial charge in [0.25, 0.3) is 5.91 Å². The lowest BCUT2D eigenvalue weighted by Crippen LogP contribution is -2.12. The van der Waals surface area contributed by atoms with E-state index >= 15 is 0 Å². The second-order valence-electron chi connectivity index (χ2n) is 4.13. The summed E-state index contributed by atoms with van der Waals surface area (Å²) in [6.07, 6.45) is 0. The lowest BCUT2D eigenvalue weighted by atomic mass is 10.1. The van der Waals surface area contributed by atoms with Crippen LogP contribution >= 0.6 is 27.5 Å². The van der Waals surface area contributed by atoms with Crippen molar-refractivity contribution in [1.29, 1.82) is 0 Å². The number of halogens is 2. The Balaban J connectivity index is 2.26. The Morgan fingerprint density at radius 3 is 2.74 bits per heavy atom. The summed E-state index contributed by atoms with van der Waals surface area (Å²) < 4.78 is 0.690. The number of nitrogens with two attached hydrogens (primary N) is 1. The molecule has 98 valence electrons. The van der Waals surface area contributed by atoms with E-state index in [1.54, 1.807) is 30.3 Å². The summed E-state index contributed by atoms with van der Waals surface area (Å²) in [7, 11) is 0. The molecule has 0 aromatic heterocycles. The monoisotopic (exact) mass is 338 g/mol. The Morgan fingerprint density at radius 2 is 2.05 bits per heavy atom. The summed E-state index contributed by atoms with van der Waals surface area (Å²) >= 11 is 9.38. The van der Waals surface area contributed by atoms with Gasteiger partial charge >= 0.3 is 0 Å². The first-order valence-electron chi connectivity index (χ1n) is 5.60.